The molecule has 0 saturated heterocycles. The number of nitrogens with one attached hydrogen (secondary N) is 1. The Hall–Kier alpha value is -0.940. The zero-order valence-electron chi connectivity index (χ0n) is 12.4. The molecule has 2 rings (SSSR count). The first-order valence-electron chi connectivity index (χ1n) is 7.36. The van der Waals surface area contributed by atoms with Gasteiger partial charge in [-0.05, 0) is 26.8 Å². The van der Waals surface area contributed by atoms with Crippen LogP contribution in [0.25, 0.3) is 0 Å². The van der Waals surface area contributed by atoms with Crippen LogP contribution in [0.3, 0.4) is 0 Å². The second-order valence-electron chi connectivity index (χ2n) is 5.49. The molecule has 0 aliphatic heterocycles. The second kappa shape index (κ2) is 6.48. The summed E-state index contributed by atoms with van der Waals surface area (Å²) >= 11 is 0. The summed E-state index contributed by atoms with van der Waals surface area (Å²) in [5, 5.41) is 11.7. The van der Waals surface area contributed by atoms with Crippen molar-refractivity contribution in [1.29, 1.82) is 0 Å². The number of ether oxygens (including phenoxy) is 1. The van der Waals surface area contributed by atoms with Gasteiger partial charge < -0.3 is 10.1 Å². The maximum Gasteiger partial charge on any atom is 0.0843 e. The van der Waals surface area contributed by atoms with Gasteiger partial charge in [0, 0.05) is 32.3 Å². The molecule has 108 valence electrons. The molecule has 0 amide bonds. The molecule has 1 saturated carbocycles. The number of nitrogens with zero attached hydrogens (tertiary/aromatic N) is 3. The van der Waals surface area contributed by atoms with Crippen LogP contribution in [0.15, 0.2) is 6.20 Å². The summed E-state index contributed by atoms with van der Waals surface area (Å²) < 4.78 is 7.95. The highest BCUT2D eigenvalue weighted by atomic mass is 16.5. The number of hydrogen-bond acceptors (Lipinski definition) is 4. The van der Waals surface area contributed by atoms with Gasteiger partial charge in [-0.3, -0.25) is 4.68 Å². The molecule has 1 aliphatic carbocycles. The summed E-state index contributed by atoms with van der Waals surface area (Å²) in [5.41, 5.74) is 1.01. The lowest BCUT2D eigenvalue weighted by molar-refractivity contribution is -0.0885. The number of rotatable bonds is 6. The topological polar surface area (TPSA) is 52.0 Å². The molecule has 0 aromatic carbocycles. The highest BCUT2D eigenvalue weighted by molar-refractivity contribution is 5.03. The minimum atomic E-state index is -0.0285. The maximum absolute atomic E-state index is 6.18. The van der Waals surface area contributed by atoms with E-state index >= 15 is 0 Å². The van der Waals surface area contributed by atoms with Crippen LogP contribution in [0.1, 0.15) is 44.7 Å². The minimum Gasteiger partial charge on any atom is -0.374 e. The zero-order valence-corrected chi connectivity index (χ0v) is 12.4. The number of likely N-dealkylation sites (N-methyl/N-ethyl adjacent to an activating group) is 1. The predicted molar refractivity (Wildman–Crippen MR) is 75.0 cm³/mol. The van der Waals surface area contributed by atoms with E-state index in [1.807, 2.05) is 20.3 Å². The molecular weight excluding hydrogens is 240 g/mol. The molecule has 1 aromatic heterocycles. The molecule has 1 N–H and O–H groups in total. The Morgan fingerprint density at radius 1 is 1.42 bits per heavy atom. The van der Waals surface area contributed by atoms with Gasteiger partial charge in [-0.2, -0.15) is 0 Å². The third kappa shape index (κ3) is 3.34. The van der Waals surface area contributed by atoms with Crippen molar-refractivity contribution < 1.29 is 4.74 Å². The monoisotopic (exact) mass is 266 g/mol. The fourth-order valence-electron chi connectivity index (χ4n) is 3.28. The lowest BCUT2D eigenvalue weighted by Gasteiger charge is -2.43. The number of aromatic nitrogens is 3. The van der Waals surface area contributed by atoms with E-state index in [0.29, 0.717) is 6.04 Å². The molecule has 0 radical (unpaired) electrons. The zero-order chi connectivity index (χ0) is 13.7. The first-order chi connectivity index (χ1) is 9.20. The minimum absolute atomic E-state index is 0.0285. The van der Waals surface area contributed by atoms with E-state index in [-0.39, 0.29) is 5.60 Å². The van der Waals surface area contributed by atoms with Gasteiger partial charge in [-0.1, -0.05) is 24.5 Å². The van der Waals surface area contributed by atoms with Gasteiger partial charge in [0.05, 0.1) is 11.3 Å². The quantitative estimate of drug-likeness (QED) is 0.851. The van der Waals surface area contributed by atoms with Gasteiger partial charge in [0.1, 0.15) is 0 Å². The van der Waals surface area contributed by atoms with E-state index in [4.69, 9.17) is 4.74 Å². The van der Waals surface area contributed by atoms with Crippen molar-refractivity contribution in [2.45, 2.75) is 57.1 Å². The lowest BCUT2D eigenvalue weighted by Crippen LogP contribution is -2.53. The SMILES string of the molecule is CCOC1(C(Cc2cn(C)nn2)NC)CCCCC1. The van der Waals surface area contributed by atoms with Gasteiger partial charge >= 0.3 is 0 Å². The lowest BCUT2D eigenvalue weighted by atomic mass is 9.77. The van der Waals surface area contributed by atoms with Gasteiger partial charge in [0.2, 0.25) is 0 Å². The van der Waals surface area contributed by atoms with Crippen LogP contribution in [0.2, 0.25) is 0 Å². The fraction of sp³-hybridized carbons (Fsp3) is 0.857. The van der Waals surface area contributed by atoms with Crippen LogP contribution in [-0.2, 0) is 18.2 Å². The molecule has 1 atom stereocenters. The molecular formula is C14H26N4O. The molecule has 1 aliphatic rings. The smallest absolute Gasteiger partial charge is 0.0843 e. The second-order valence-corrected chi connectivity index (χ2v) is 5.49. The van der Waals surface area contributed by atoms with Crippen molar-refractivity contribution in [3.8, 4) is 0 Å². The molecule has 1 fully saturated rings. The largest absolute Gasteiger partial charge is 0.374 e. The van der Waals surface area contributed by atoms with Crippen LogP contribution in [0, 0.1) is 0 Å². The Balaban J connectivity index is 2.12. The first kappa shape index (κ1) is 14.5. The van der Waals surface area contributed by atoms with Crippen molar-refractivity contribution in [3.63, 3.8) is 0 Å². The molecule has 1 aromatic rings. The first-order valence-corrected chi connectivity index (χ1v) is 7.36. The van der Waals surface area contributed by atoms with Crippen LogP contribution in [0.5, 0.6) is 0 Å². The third-order valence-electron chi connectivity index (χ3n) is 4.18. The van der Waals surface area contributed by atoms with E-state index < -0.39 is 0 Å². The summed E-state index contributed by atoms with van der Waals surface area (Å²) in [6, 6.07) is 0.310. The molecule has 5 nitrogen and oxygen atoms in total. The molecule has 19 heavy (non-hydrogen) atoms. The third-order valence-corrected chi connectivity index (χ3v) is 4.18. The fourth-order valence-corrected chi connectivity index (χ4v) is 3.28. The van der Waals surface area contributed by atoms with Crippen molar-refractivity contribution in [2.24, 2.45) is 7.05 Å². The number of aryl methyl sites for hydroxylation is 1. The van der Waals surface area contributed by atoms with E-state index in [2.05, 4.69) is 22.6 Å². The summed E-state index contributed by atoms with van der Waals surface area (Å²) in [7, 11) is 3.93. The Morgan fingerprint density at radius 3 is 2.68 bits per heavy atom. The van der Waals surface area contributed by atoms with E-state index in [1.54, 1.807) is 4.68 Å². The van der Waals surface area contributed by atoms with E-state index in [1.165, 1.54) is 19.3 Å². The van der Waals surface area contributed by atoms with E-state index in [0.717, 1.165) is 31.6 Å². The van der Waals surface area contributed by atoms with Crippen molar-refractivity contribution in [1.82, 2.24) is 20.3 Å². The Kier molecular flexibility index (Phi) is 4.93. The predicted octanol–water partition coefficient (Wildman–Crippen LogP) is 1.68. The normalized spacial score (nSPS) is 20.4. The number of hydrogen-bond donors (Lipinski definition) is 1. The average molecular weight is 266 g/mol. The Labute approximate surface area is 115 Å². The summed E-state index contributed by atoms with van der Waals surface area (Å²) in [6.45, 7) is 2.87. The van der Waals surface area contributed by atoms with Crippen LogP contribution in [-0.4, -0.2) is 40.3 Å². The highest BCUT2D eigenvalue weighted by Crippen LogP contribution is 2.35. The molecule has 0 bridgehead atoms. The van der Waals surface area contributed by atoms with Gasteiger partial charge in [-0.15, -0.1) is 5.10 Å². The standard InChI is InChI=1S/C14H26N4O/c1-4-19-14(8-6-5-7-9-14)13(15-2)10-12-11-18(3)17-16-12/h11,13,15H,4-10H2,1-3H3. The summed E-state index contributed by atoms with van der Waals surface area (Å²) in [5.74, 6) is 0. The Morgan fingerprint density at radius 2 is 2.16 bits per heavy atom. The molecule has 1 heterocycles. The van der Waals surface area contributed by atoms with Crippen molar-refractivity contribution in [2.75, 3.05) is 13.7 Å². The Bertz CT molecular complexity index is 379. The van der Waals surface area contributed by atoms with Crippen LogP contribution >= 0.6 is 0 Å². The van der Waals surface area contributed by atoms with Crippen LogP contribution < -0.4 is 5.32 Å². The maximum atomic E-state index is 6.18. The molecule has 0 spiro atoms. The van der Waals surface area contributed by atoms with Crippen molar-refractivity contribution in [3.05, 3.63) is 11.9 Å². The van der Waals surface area contributed by atoms with Gasteiger partial charge in [0.25, 0.3) is 0 Å². The molecule has 1 unspecified atom stereocenters. The van der Waals surface area contributed by atoms with Gasteiger partial charge in [-0.25, -0.2) is 0 Å². The highest BCUT2D eigenvalue weighted by Gasteiger charge is 2.40. The van der Waals surface area contributed by atoms with E-state index in [9.17, 15) is 0 Å². The van der Waals surface area contributed by atoms with Crippen molar-refractivity contribution >= 4 is 0 Å². The summed E-state index contributed by atoms with van der Waals surface area (Å²) in [4.78, 5) is 0. The molecule has 5 heteroatoms. The van der Waals surface area contributed by atoms with Gasteiger partial charge in [0.15, 0.2) is 0 Å². The average Bonchev–Trinajstić information content (AvgIpc) is 2.83. The summed E-state index contributed by atoms with van der Waals surface area (Å²) in [6.07, 6.45) is 9.02. The van der Waals surface area contributed by atoms with Crippen LogP contribution in [0.4, 0.5) is 0 Å².